The summed E-state index contributed by atoms with van der Waals surface area (Å²) in [4.78, 5) is 0. The average Bonchev–Trinajstić information content (AvgIpc) is 2.16. The van der Waals surface area contributed by atoms with E-state index in [2.05, 4.69) is 54.3 Å². The molecule has 0 aliphatic rings. The van der Waals surface area contributed by atoms with Crippen LogP contribution in [0.1, 0.15) is 31.9 Å². The second kappa shape index (κ2) is 4.58. The third-order valence-electron chi connectivity index (χ3n) is 2.37. The molecular weight excluding hydrogens is 175 g/mol. The summed E-state index contributed by atoms with van der Waals surface area (Å²) in [5, 5.41) is 1.26. The Morgan fingerprint density at radius 1 is 1.46 bits per heavy atom. The van der Waals surface area contributed by atoms with Crippen LogP contribution >= 0.6 is 9.24 Å². The van der Waals surface area contributed by atoms with E-state index in [0.29, 0.717) is 0 Å². The van der Waals surface area contributed by atoms with Crippen LogP contribution in [0.2, 0.25) is 0 Å². The maximum atomic E-state index is 2.75. The van der Waals surface area contributed by atoms with Gasteiger partial charge in [-0.1, -0.05) is 25.1 Å². The highest BCUT2D eigenvalue weighted by molar-refractivity contribution is 7.27. The molecule has 0 amide bonds. The summed E-state index contributed by atoms with van der Waals surface area (Å²) in [6.07, 6.45) is 3.27. The Balaban J connectivity index is 3.23. The summed E-state index contributed by atoms with van der Waals surface area (Å²) in [5.41, 5.74) is 4.18. The molecule has 0 radical (unpaired) electrons. The third-order valence-corrected chi connectivity index (χ3v) is 2.73. The number of aryl methyl sites for hydroxylation is 1. The molecule has 70 valence electrons. The molecule has 0 fully saturated rings. The highest BCUT2D eigenvalue weighted by Crippen LogP contribution is 2.18. The van der Waals surface area contributed by atoms with Crippen molar-refractivity contribution in [1.29, 1.82) is 0 Å². The zero-order valence-corrected chi connectivity index (χ0v) is 9.75. The zero-order chi connectivity index (χ0) is 9.84. The largest absolute Gasteiger partial charge is 0.106 e. The lowest BCUT2D eigenvalue weighted by Crippen LogP contribution is -1.97. The molecule has 1 aromatic carbocycles. The SMILES string of the molecule is C/C=C(/C)c1cc(P)ccc1CC. The number of allylic oxidation sites excluding steroid dienone is 2. The molecule has 0 aliphatic heterocycles. The van der Waals surface area contributed by atoms with E-state index in [1.165, 1.54) is 22.0 Å². The summed E-state index contributed by atoms with van der Waals surface area (Å²) in [6, 6.07) is 6.60. The van der Waals surface area contributed by atoms with Gasteiger partial charge in [0, 0.05) is 0 Å². The minimum atomic E-state index is 1.10. The molecule has 0 N–H and O–H groups in total. The third kappa shape index (κ3) is 2.42. The van der Waals surface area contributed by atoms with Crippen molar-refractivity contribution in [2.75, 3.05) is 0 Å². The van der Waals surface area contributed by atoms with Gasteiger partial charge in [0.25, 0.3) is 0 Å². The van der Waals surface area contributed by atoms with Gasteiger partial charge in [0.2, 0.25) is 0 Å². The molecule has 0 spiro atoms. The van der Waals surface area contributed by atoms with Crippen LogP contribution in [0.3, 0.4) is 0 Å². The van der Waals surface area contributed by atoms with Crippen LogP contribution in [0.25, 0.3) is 5.57 Å². The minimum Gasteiger partial charge on any atom is -0.106 e. The first-order valence-corrected chi connectivity index (χ1v) is 5.28. The van der Waals surface area contributed by atoms with Gasteiger partial charge in [-0.2, -0.15) is 0 Å². The maximum absolute atomic E-state index is 2.75. The number of benzene rings is 1. The van der Waals surface area contributed by atoms with Crippen molar-refractivity contribution in [1.82, 2.24) is 0 Å². The molecule has 1 unspecified atom stereocenters. The van der Waals surface area contributed by atoms with Gasteiger partial charge in [-0.05, 0) is 48.3 Å². The van der Waals surface area contributed by atoms with Gasteiger partial charge in [0.15, 0.2) is 0 Å². The van der Waals surface area contributed by atoms with E-state index in [0.717, 1.165) is 6.42 Å². The molecule has 1 atom stereocenters. The van der Waals surface area contributed by atoms with Crippen molar-refractivity contribution in [3.05, 3.63) is 35.4 Å². The van der Waals surface area contributed by atoms with E-state index in [1.54, 1.807) is 0 Å². The van der Waals surface area contributed by atoms with Gasteiger partial charge in [-0.15, -0.1) is 9.24 Å². The monoisotopic (exact) mass is 192 g/mol. The molecule has 0 aliphatic carbocycles. The van der Waals surface area contributed by atoms with Crippen LogP contribution in [0, 0.1) is 0 Å². The topological polar surface area (TPSA) is 0 Å². The lowest BCUT2D eigenvalue weighted by atomic mass is 9.99. The Labute approximate surface area is 83.3 Å². The van der Waals surface area contributed by atoms with Gasteiger partial charge < -0.3 is 0 Å². The van der Waals surface area contributed by atoms with Gasteiger partial charge in [-0.25, -0.2) is 0 Å². The molecule has 0 bridgehead atoms. The van der Waals surface area contributed by atoms with E-state index in [1.807, 2.05) is 0 Å². The van der Waals surface area contributed by atoms with Gasteiger partial charge in [0.05, 0.1) is 0 Å². The second-order valence-corrected chi connectivity index (χ2v) is 3.91. The zero-order valence-electron chi connectivity index (χ0n) is 8.59. The molecule has 0 nitrogen and oxygen atoms in total. The molecule has 1 rings (SSSR count). The fraction of sp³-hybridized carbons (Fsp3) is 0.333. The standard InChI is InChI=1S/C12H17P/c1-4-9(3)12-8-11(13)7-6-10(12)5-2/h4,6-8H,5,13H2,1-3H3/b9-4-. The summed E-state index contributed by atoms with van der Waals surface area (Å²) in [5.74, 6) is 0. The summed E-state index contributed by atoms with van der Waals surface area (Å²) in [7, 11) is 2.75. The Morgan fingerprint density at radius 2 is 2.15 bits per heavy atom. The molecule has 0 heterocycles. The van der Waals surface area contributed by atoms with E-state index in [9.17, 15) is 0 Å². The number of rotatable bonds is 2. The van der Waals surface area contributed by atoms with E-state index >= 15 is 0 Å². The number of hydrogen-bond donors (Lipinski definition) is 0. The highest BCUT2D eigenvalue weighted by atomic mass is 31.0. The minimum absolute atomic E-state index is 1.10. The number of hydrogen-bond acceptors (Lipinski definition) is 0. The maximum Gasteiger partial charge on any atom is -0.0192 e. The Kier molecular flexibility index (Phi) is 3.69. The Hall–Kier alpha value is -0.610. The first kappa shape index (κ1) is 10.5. The van der Waals surface area contributed by atoms with Gasteiger partial charge >= 0.3 is 0 Å². The van der Waals surface area contributed by atoms with E-state index in [4.69, 9.17) is 0 Å². The van der Waals surface area contributed by atoms with E-state index in [-0.39, 0.29) is 0 Å². The Morgan fingerprint density at radius 3 is 2.69 bits per heavy atom. The normalized spacial score (nSPS) is 11.8. The molecule has 1 aromatic rings. The van der Waals surface area contributed by atoms with Crippen molar-refractivity contribution in [3.63, 3.8) is 0 Å². The van der Waals surface area contributed by atoms with Crippen LogP contribution < -0.4 is 5.30 Å². The summed E-state index contributed by atoms with van der Waals surface area (Å²) < 4.78 is 0. The van der Waals surface area contributed by atoms with Crippen LogP contribution in [0.5, 0.6) is 0 Å². The molecular formula is C12H17P. The fourth-order valence-electron chi connectivity index (χ4n) is 1.42. The van der Waals surface area contributed by atoms with Crippen LogP contribution in [0.15, 0.2) is 24.3 Å². The van der Waals surface area contributed by atoms with Crippen molar-refractivity contribution < 1.29 is 0 Å². The van der Waals surface area contributed by atoms with Gasteiger partial charge in [-0.3, -0.25) is 0 Å². The van der Waals surface area contributed by atoms with Crippen LogP contribution in [-0.4, -0.2) is 0 Å². The molecule has 0 saturated carbocycles. The molecule has 0 saturated heterocycles. The second-order valence-electron chi connectivity index (χ2n) is 3.24. The quantitative estimate of drug-likeness (QED) is 0.631. The van der Waals surface area contributed by atoms with Crippen molar-refractivity contribution in [3.8, 4) is 0 Å². The summed E-state index contributed by atoms with van der Waals surface area (Å²) >= 11 is 0. The van der Waals surface area contributed by atoms with Crippen LogP contribution in [-0.2, 0) is 6.42 Å². The summed E-state index contributed by atoms with van der Waals surface area (Å²) in [6.45, 7) is 6.45. The average molecular weight is 192 g/mol. The predicted octanol–water partition coefficient (Wildman–Crippen LogP) is 3.17. The smallest absolute Gasteiger partial charge is 0.0192 e. The van der Waals surface area contributed by atoms with Crippen molar-refractivity contribution >= 4 is 20.1 Å². The predicted molar refractivity (Wildman–Crippen MR) is 64.5 cm³/mol. The first-order chi connectivity index (χ1) is 6.19. The lowest BCUT2D eigenvalue weighted by molar-refractivity contribution is 1.13. The molecule has 0 aromatic heterocycles. The highest BCUT2D eigenvalue weighted by Gasteiger charge is 2.01. The van der Waals surface area contributed by atoms with Crippen molar-refractivity contribution in [2.45, 2.75) is 27.2 Å². The van der Waals surface area contributed by atoms with Gasteiger partial charge in [0.1, 0.15) is 0 Å². The van der Waals surface area contributed by atoms with Crippen molar-refractivity contribution in [2.24, 2.45) is 0 Å². The first-order valence-electron chi connectivity index (χ1n) is 4.70. The molecule has 13 heavy (non-hydrogen) atoms. The van der Waals surface area contributed by atoms with Crippen LogP contribution in [0.4, 0.5) is 0 Å². The van der Waals surface area contributed by atoms with E-state index < -0.39 is 0 Å². The lowest BCUT2D eigenvalue weighted by Gasteiger charge is -2.08. The molecule has 1 heteroatoms. The Bertz CT molecular complexity index is 324. The fourth-order valence-corrected chi connectivity index (χ4v) is 1.69.